The molecule has 2 unspecified atom stereocenters. The second kappa shape index (κ2) is 6.28. The Kier molecular flexibility index (Phi) is 3.81. The minimum Gasteiger partial charge on any atom is -0.452 e. The van der Waals surface area contributed by atoms with Crippen molar-refractivity contribution >= 4 is 18.2 Å². The number of carbonyl (C=O) groups is 1. The van der Waals surface area contributed by atoms with Gasteiger partial charge in [-0.3, -0.25) is 4.79 Å². The molecule has 0 fully saturated rings. The molecule has 2 aliphatic heterocycles. The van der Waals surface area contributed by atoms with Crippen LogP contribution in [0.2, 0.25) is 0 Å². The summed E-state index contributed by atoms with van der Waals surface area (Å²) >= 11 is 0. The lowest BCUT2D eigenvalue weighted by Crippen LogP contribution is -2.57. The Bertz CT molecular complexity index is 825. The first-order chi connectivity index (χ1) is 12.7. The van der Waals surface area contributed by atoms with Gasteiger partial charge < -0.3 is 9.47 Å². The molecular weight excluding hydrogens is 336 g/mol. The molecule has 0 radical (unpaired) electrons. The number of rotatable bonds is 6. The van der Waals surface area contributed by atoms with Crippen molar-refractivity contribution in [1.29, 1.82) is 0 Å². The highest BCUT2D eigenvalue weighted by Crippen LogP contribution is 2.31. The Morgan fingerprint density at radius 1 is 0.692 bits per heavy atom. The van der Waals surface area contributed by atoms with Crippen LogP contribution < -0.4 is 9.47 Å². The Hall–Kier alpha value is -3.75. The number of hydrogen-bond acceptors (Lipinski definition) is 9. The zero-order valence-electron chi connectivity index (χ0n) is 13.3. The quantitative estimate of drug-likeness (QED) is 0.800. The Balaban J connectivity index is 1.70. The van der Waals surface area contributed by atoms with Crippen molar-refractivity contribution in [3.63, 3.8) is 0 Å². The summed E-state index contributed by atoms with van der Waals surface area (Å²) in [6.07, 6.45) is 2.39. The summed E-state index contributed by atoms with van der Waals surface area (Å²) in [4.78, 5) is 13.4. The van der Waals surface area contributed by atoms with Gasteiger partial charge in [0.25, 0.3) is 5.78 Å². The molecule has 9 heteroatoms. The van der Waals surface area contributed by atoms with Crippen molar-refractivity contribution < 1.29 is 14.3 Å². The van der Waals surface area contributed by atoms with Crippen LogP contribution in [0.1, 0.15) is 0 Å². The van der Waals surface area contributed by atoms with E-state index >= 15 is 0 Å². The van der Waals surface area contributed by atoms with Gasteiger partial charge in [0.1, 0.15) is 23.9 Å². The van der Waals surface area contributed by atoms with Gasteiger partial charge in [0.15, 0.2) is 0 Å². The first-order valence-corrected chi connectivity index (χ1v) is 7.68. The molecule has 0 amide bonds. The van der Waals surface area contributed by atoms with E-state index in [4.69, 9.17) is 9.47 Å². The highest BCUT2D eigenvalue weighted by Gasteiger charge is 2.57. The fourth-order valence-corrected chi connectivity index (χ4v) is 2.43. The maximum Gasteiger partial charge on any atom is 0.324 e. The maximum atomic E-state index is 13.4. The lowest BCUT2D eigenvalue weighted by atomic mass is 10.00. The first kappa shape index (κ1) is 15.8. The Morgan fingerprint density at radius 3 is 1.46 bits per heavy atom. The van der Waals surface area contributed by atoms with Gasteiger partial charge in [-0.2, -0.15) is 0 Å². The minimum absolute atomic E-state index is 0.412. The normalized spacial score (nSPS) is 25.5. The third kappa shape index (κ3) is 2.75. The Labute approximate surface area is 147 Å². The van der Waals surface area contributed by atoms with Crippen molar-refractivity contribution in [2.45, 2.75) is 11.4 Å². The van der Waals surface area contributed by atoms with Crippen LogP contribution in [0, 0.1) is 0 Å². The van der Waals surface area contributed by atoms with Crippen molar-refractivity contribution in [2.75, 3.05) is 0 Å². The van der Waals surface area contributed by atoms with Crippen LogP contribution >= 0.6 is 0 Å². The number of ether oxygens (including phenoxy) is 2. The van der Waals surface area contributed by atoms with Crippen LogP contribution in [0.25, 0.3) is 0 Å². The molecule has 0 spiro atoms. The first-order valence-electron chi connectivity index (χ1n) is 7.68. The minimum atomic E-state index is -1.83. The molecule has 0 N–H and O–H groups in total. The van der Waals surface area contributed by atoms with Crippen molar-refractivity contribution in [3.8, 4) is 11.5 Å². The average Bonchev–Trinajstić information content (AvgIpc) is 3.34. The molecule has 0 saturated carbocycles. The summed E-state index contributed by atoms with van der Waals surface area (Å²) < 4.78 is 11.6. The van der Waals surface area contributed by atoms with Crippen molar-refractivity contribution in [3.05, 3.63) is 60.7 Å². The van der Waals surface area contributed by atoms with Gasteiger partial charge in [-0.15, -0.1) is 20.4 Å². The molecule has 128 valence electrons. The van der Waals surface area contributed by atoms with E-state index < -0.39 is 17.2 Å². The molecule has 2 heterocycles. The van der Waals surface area contributed by atoms with E-state index in [0.29, 0.717) is 11.5 Å². The van der Waals surface area contributed by atoms with E-state index in [-0.39, 0.29) is 0 Å². The molecule has 9 nitrogen and oxygen atoms in total. The predicted octanol–water partition coefficient (Wildman–Crippen LogP) is 3.01. The molecule has 4 rings (SSSR count). The number of nitrogens with zero attached hydrogens (tertiary/aromatic N) is 6. The van der Waals surface area contributed by atoms with Gasteiger partial charge in [-0.05, 0) is 34.7 Å². The number of benzene rings is 2. The van der Waals surface area contributed by atoms with Crippen LogP contribution in [-0.2, 0) is 4.79 Å². The lowest BCUT2D eigenvalue weighted by molar-refractivity contribution is -0.139. The number of carbonyl (C=O) groups excluding carboxylic acids is 1. The third-order valence-electron chi connectivity index (χ3n) is 3.64. The standard InChI is InChI=1S/C17H12N6O3/c24-15(16(11-18-22-20-16)25-13-7-3-1-4-8-13)17(12-19-23-21-17)26-14-9-5-2-6-10-14/h1-12H. The molecule has 0 aromatic heterocycles. The second-order valence-corrected chi connectivity index (χ2v) is 5.42. The highest BCUT2D eigenvalue weighted by molar-refractivity contribution is 6.15. The lowest BCUT2D eigenvalue weighted by Gasteiger charge is -2.28. The molecule has 0 bridgehead atoms. The van der Waals surface area contributed by atoms with Crippen LogP contribution in [-0.4, -0.2) is 29.7 Å². The maximum absolute atomic E-state index is 13.4. The van der Waals surface area contributed by atoms with E-state index in [1.165, 1.54) is 12.4 Å². The third-order valence-corrected chi connectivity index (χ3v) is 3.64. The fourth-order valence-electron chi connectivity index (χ4n) is 2.43. The summed E-state index contributed by atoms with van der Waals surface area (Å²) in [5.74, 6) is 0.150. The predicted molar refractivity (Wildman–Crippen MR) is 91.3 cm³/mol. The molecule has 2 aromatic rings. The van der Waals surface area contributed by atoms with Crippen molar-refractivity contribution in [2.24, 2.45) is 30.9 Å². The van der Waals surface area contributed by atoms with Crippen LogP contribution in [0.15, 0.2) is 91.5 Å². The van der Waals surface area contributed by atoms with Gasteiger partial charge >= 0.3 is 11.4 Å². The van der Waals surface area contributed by atoms with Gasteiger partial charge in [0.05, 0.1) is 0 Å². The van der Waals surface area contributed by atoms with E-state index in [0.717, 1.165) is 0 Å². The Morgan fingerprint density at radius 2 is 1.12 bits per heavy atom. The molecule has 2 aliphatic rings. The number of ketones is 1. The summed E-state index contributed by atoms with van der Waals surface area (Å²) in [5, 5.41) is 22.2. The summed E-state index contributed by atoms with van der Waals surface area (Å²) in [7, 11) is 0. The average molecular weight is 348 g/mol. The summed E-state index contributed by atoms with van der Waals surface area (Å²) in [6, 6.07) is 17.5. The summed E-state index contributed by atoms with van der Waals surface area (Å²) in [5.41, 5.74) is -3.66. The monoisotopic (exact) mass is 348 g/mol. The number of para-hydroxylation sites is 2. The highest BCUT2D eigenvalue weighted by atomic mass is 16.5. The van der Waals surface area contributed by atoms with E-state index in [9.17, 15) is 4.79 Å². The van der Waals surface area contributed by atoms with E-state index in [1.54, 1.807) is 48.5 Å². The fraction of sp³-hybridized carbons (Fsp3) is 0.118. The van der Waals surface area contributed by atoms with Crippen LogP contribution in [0.4, 0.5) is 0 Å². The SMILES string of the molecule is O=C(C1(Oc2ccccc2)C=NN=N1)C1(Oc2ccccc2)C=NN=N1. The van der Waals surface area contributed by atoms with Gasteiger partial charge in [0, 0.05) is 0 Å². The molecule has 0 saturated heterocycles. The molecule has 26 heavy (non-hydrogen) atoms. The van der Waals surface area contributed by atoms with Gasteiger partial charge in [-0.25, -0.2) is 0 Å². The molecule has 2 aromatic carbocycles. The summed E-state index contributed by atoms with van der Waals surface area (Å²) in [6.45, 7) is 0. The van der Waals surface area contributed by atoms with E-state index in [2.05, 4.69) is 30.9 Å². The van der Waals surface area contributed by atoms with Crippen LogP contribution in [0.3, 0.4) is 0 Å². The number of hydrogen-bond donors (Lipinski definition) is 0. The smallest absolute Gasteiger partial charge is 0.324 e. The van der Waals surface area contributed by atoms with E-state index in [1.807, 2.05) is 12.1 Å². The molecule has 2 atom stereocenters. The van der Waals surface area contributed by atoms with Gasteiger partial charge in [-0.1, -0.05) is 36.4 Å². The van der Waals surface area contributed by atoms with Gasteiger partial charge in [0.2, 0.25) is 0 Å². The second-order valence-electron chi connectivity index (χ2n) is 5.42. The topological polar surface area (TPSA) is 110 Å². The molecular formula is C17H12N6O3. The largest absolute Gasteiger partial charge is 0.452 e. The molecule has 0 aliphatic carbocycles. The van der Waals surface area contributed by atoms with Crippen LogP contribution in [0.5, 0.6) is 11.5 Å². The zero-order valence-corrected chi connectivity index (χ0v) is 13.3. The van der Waals surface area contributed by atoms with Crippen molar-refractivity contribution in [1.82, 2.24) is 0 Å². The number of Topliss-reactive ketones (excluding diaryl/α,β-unsaturated/α-hetero) is 1. The zero-order chi connectivity index (χ0) is 17.9.